The van der Waals surface area contributed by atoms with Crippen molar-refractivity contribution in [3.05, 3.63) is 47.0 Å². The predicted molar refractivity (Wildman–Crippen MR) is 129 cm³/mol. The van der Waals surface area contributed by atoms with Gasteiger partial charge in [0.25, 0.3) is 0 Å². The summed E-state index contributed by atoms with van der Waals surface area (Å²) in [5.74, 6) is 1.01. The highest BCUT2D eigenvalue weighted by atomic mass is 16.7. The average molecular weight is 523 g/mol. The first-order chi connectivity index (χ1) is 17.8. The molecule has 0 aliphatic carbocycles. The van der Waals surface area contributed by atoms with Gasteiger partial charge in [-0.1, -0.05) is 12.1 Å². The summed E-state index contributed by atoms with van der Waals surface area (Å²) in [4.78, 5) is 0. The van der Waals surface area contributed by atoms with Crippen LogP contribution in [0.5, 0.6) is 23.0 Å². The van der Waals surface area contributed by atoms with Crippen LogP contribution >= 0.6 is 0 Å². The number of aryl methyl sites for hydroxylation is 1. The van der Waals surface area contributed by atoms with Crippen molar-refractivity contribution in [3.63, 3.8) is 0 Å². The third-order valence-corrected chi connectivity index (χ3v) is 6.84. The lowest BCUT2D eigenvalue weighted by atomic mass is 9.90. The van der Waals surface area contributed by atoms with E-state index >= 15 is 0 Å². The van der Waals surface area contributed by atoms with Gasteiger partial charge in [0.1, 0.15) is 30.5 Å². The number of phenolic OH excluding ortho intramolecular Hbond substituents is 1. The van der Waals surface area contributed by atoms with Crippen molar-refractivity contribution in [3.8, 4) is 23.0 Å². The van der Waals surface area contributed by atoms with Crippen LogP contribution in [-0.4, -0.2) is 95.4 Å². The Labute approximate surface area is 214 Å². The number of phenols is 1. The molecule has 0 unspecified atom stereocenters. The Morgan fingerprint density at radius 2 is 1.65 bits per heavy atom. The number of ether oxygens (including phenoxy) is 5. The van der Waals surface area contributed by atoms with E-state index in [9.17, 15) is 30.6 Å². The summed E-state index contributed by atoms with van der Waals surface area (Å²) >= 11 is 0. The van der Waals surface area contributed by atoms with Crippen molar-refractivity contribution in [2.24, 2.45) is 0 Å². The topological polar surface area (TPSA) is 168 Å². The Kier molecular flexibility index (Phi) is 8.75. The number of benzene rings is 2. The maximum atomic E-state index is 10.2. The molecule has 2 aliphatic heterocycles. The van der Waals surface area contributed by atoms with Crippen molar-refractivity contribution in [2.45, 2.75) is 55.6 Å². The smallest absolute Gasteiger partial charge is 0.186 e. The Bertz CT molecular complexity index is 1060. The molecule has 1 saturated heterocycles. The van der Waals surface area contributed by atoms with Gasteiger partial charge in [-0.3, -0.25) is 0 Å². The molecule has 6 N–H and O–H groups in total. The van der Waals surface area contributed by atoms with Gasteiger partial charge in [0.05, 0.1) is 40.0 Å². The molecule has 7 atom stereocenters. The summed E-state index contributed by atoms with van der Waals surface area (Å²) < 4.78 is 27.9. The lowest BCUT2D eigenvalue weighted by molar-refractivity contribution is -0.301. The van der Waals surface area contributed by atoms with Gasteiger partial charge in [-0.25, -0.2) is 0 Å². The molecule has 0 amide bonds. The minimum atomic E-state index is -1.49. The van der Waals surface area contributed by atoms with E-state index in [1.807, 2.05) is 12.1 Å². The van der Waals surface area contributed by atoms with E-state index in [0.29, 0.717) is 30.1 Å². The first kappa shape index (κ1) is 27.4. The molecule has 0 bridgehead atoms. The van der Waals surface area contributed by atoms with Crippen molar-refractivity contribution in [2.75, 3.05) is 34.0 Å². The fraction of sp³-hybridized carbons (Fsp3) is 0.538. The number of fused-ring (bicyclic) bond motifs is 1. The number of aliphatic hydroxyl groups excluding tert-OH is 5. The van der Waals surface area contributed by atoms with Crippen LogP contribution in [0.4, 0.5) is 0 Å². The molecule has 1 fully saturated rings. The fourth-order valence-electron chi connectivity index (χ4n) is 4.80. The zero-order chi connectivity index (χ0) is 26.7. The zero-order valence-electron chi connectivity index (χ0n) is 20.7. The average Bonchev–Trinajstić information content (AvgIpc) is 3.29. The van der Waals surface area contributed by atoms with Crippen molar-refractivity contribution in [1.82, 2.24) is 0 Å². The number of hydrogen-bond donors (Lipinski definition) is 6. The largest absolute Gasteiger partial charge is 0.504 e. The summed E-state index contributed by atoms with van der Waals surface area (Å²) in [6.45, 7) is -0.516. The predicted octanol–water partition coefficient (Wildman–Crippen LogP) is 0.368. The number of aliphatic hydroxyl groups is 5. The SMILES string of the molecule is COc1cc([C@@H]2Oc3c(OC)cc(CCCO[C@@H]4O[C@H](CO)[C@@H](O)[C@H](O)[C@H]4O)cc3[C@@H]2CO)ccc1O. The number of aromatic hydroxyl groups is 1. The molecule has 0 spiro atoms. The van der Waals surface area contributed by atoms with Crippen molar-refractivity contribution >= 4 is 0 Å². The molecular weight excluding hydrogens is 488 g/mol. The van der Waals surface area contributed by atoms with E-state index in [-0.39, 0.29) is 24.9 Å². The lowest BCUT2D eigenvalue weighted by Gasteiger charge is -2.39. The number of rotatable bonds is 10. The molecule has 11 heteroatoms. The number of methoxy groups -OCH3 is 2. The summed E-state index contributed by atoms with van der Waals surface area (Å²) in [7, 11) is 3.00. The highest BCUT2D eigenvalue weighted by molar-refractivity contribution is 5.56. The standard InChI is InChI=1S/C26H34O11/c1-33-18-10-14(5-6-17(18)29)24-16(11-27)15-8-13(9-19(34-2)25(15)37-24)4-3-7-35-26-23(32)22(31)21(30)20(12-28)36-26/h5-6,8-10,16,20-24,26-32H,3-4,7,11-12H2,1-2H3/t16-,20+,21+,22-,23+,24-,26+/m0/s1. The van der Waals surface area contributed by atoms with Crippen molar-refractivity contribution in [1.29, 1.82) is 0 Å². The molecule has 204 valence electrons. The van der Waals surface area contributed by atoms with E-state index < -0.39 is 43.4 Å². The van der Waals surface area contributed by atoms with E-state index in [1.54, 1.807) is 12.1 Å². The van der Waals surface area contributed by atoms with E-state index in [1.165, 1.54) is 20.3 Å². The zero-order valence-corrected chi connectivity index (χ0v) is 20.7. The molecule has 0 saturated carbocycles. The molecule has 0 radical (unpaired) electrons. The first-order valence-corrected chi connectivity index (χ1v) is 12.1. The fourth-order valence-corrected chi connectivity index (χ4v) is 4.80. The van der Waals surface area contributed by atoms with E-state index in [4.69, 9.17) is 23.7 Å². The third-order valence-electron chi connectivity index (χ3n) is 6.84. The van der Waals surface area contributed by atoms with Gasteiger partial charge < -0.3 is 54.3 Å². The third kappa shape index (κ3) is 5.48. The molecule has 4 rings (SSSR count). The van der Waals surface area contributed by atoms with Crippen LogP contribution in [0.1, 0.15) is 35.1 Å². The Morgan fingerprint density at radius 1 is 0.892 bits per heavy atom. The van der Waals surface area contributed by atoms with Crippen LogP contribution in [-0.2, 0) is 15.9 Å². The van der Waals surface area contributed by atoms with E-state index in [2.05, 4.69) is 0 Å². The molecule has 0 aromatic heterocycles. The summed E-state index contributed by atoms with van der Waals surface area (Å²) in [5, 5.41) is 59.4. The molecule has 2 aromatic carbocycles. The monoisotopic (exact) mass is 522 g/mol. The van der Waals surface area contributed by atoms with Gasteiger partial charge in [-0.2, -0.15) is 0 Å². The van der Waals surface area contributed by atoms with Gasteiger partial charge in [0, 0.05) is 5.56 Å². The minimum Gasteiger partial charge on any atom is -0.504 e. The lowest BCUT2D eigenvalue weighted by Crippen LogP contribution is -2.59. The highest BCUT2D eigenvalue weighted by Crippen LogP contribution is 2.51. The molecule has 2 aliphatic rings. The highest BCUT2D eigenvalue weighted by Gasteiger charge is 2.44. The van der Waals surface area contributed by atoms with E-state index in [0.717, 1.165) is 16.7 Å². The first-order valence-electron chi connectivity index (χ1n) is 12.1. The molecular formula is C26H34O11. The molecule has 2 heterocycles. The van der Waals surface area contributed by atoms with Crippen LogP contribution < -0.4 is 14.2 Å². The van der Waals surface area contributed by atoms with Crippen LogP contribution in [0.3, 0.4) is 0 Å². The van der Waals surface area contributed by atoms with Gasteiger partial charge in [-0.05, 0) is 42.2 Å². The molecule has 11 nitrogen and oxygen atoms in total. The van der Waals surface area contributed by atoms with Crippen molar-refractivity contribution < 1.29 is 54.3 Å². The molecule has 2 aromatic rings. The second-order valence-electron chi connectivity index (χ2n) is 9.15. The Morgan fingerprint density at radius 3 is 2.32 bits per heavy atom. The van der Waals surface area contributed by atoms with Crippen LogP contribution in [0.15, 0.2) is 30.3 Å². The van der Waals surface area contributed by atoms with Crippen LogP contribution in [0, 0.1) is 0 Å². The Balaban J connectivity index is 1.44. The Hall–Kier alpha value is -2.64. The second kappa shape index (κ2) is 11.8. The van der Waals surface area contributed by atoms with Crippen LogP contribution in [0.25, 0.3) is 0 Å². The summed E-state index contributed by atoms with van der Waals surface area (Å²) in [5.41, 5.74) is 2.45. The quantitative estimate of drug-likeness (QED) is 0.239. The van der Waals surface area contributed by atoms with Gasteiger partial charge in [-0.15, -0.1) is 0 Å². The minimum absolute atomic E-state index is 0.00751. The molecule has 37 heavy (non-hydrogen) atoms. The van der Waals surface area contributed by atoms with Gasteiger partial charge in [0.15, 0.2) is 29.3 Å². The maximum Gasteiger partial charge on any atom is 0.186 e. The normalized spacial score (nSPS) is 29.0. The summed E-state index contributed by atoms with van der Waals surface area (Å²) in [6, 6.07) is 8.72. The summed E-state index contributed by atoms with van der Waals surface area (Å²) in [6.07, 6.45) is -6.00. The second-order valence-corrected chi connectivity index (χ2v) is 9.15. The van der Waals surface area contributed by atoms with Crippen LogP contribution in [0.2, 0.25) is 0 Å². The maximum absolute atomic E-state index is 10.2. The number of hydrogen-bond acceptors (Lipinski definition) is 11. The van der Waals surface area contributed by atoms with Gasteiger partial charge >= 0.3 is 0 Å². The van der Waals surface area contributed by atoms with Gasteiger partial charge in [0.2, 0.25) is 0 Å².